The first kappa shape index (κ1) is 16.9. The van der Waals surface area contributed by atoms with Crippen LogP contribution in [0.4, 0.5) is 0 Å². The molecular weight excluding hydrogens is 322 g/mol. The van der Waals surface area contributed by atoms with Crippen LogP contribution in [0.25, 0.3) is 27.8 Å². The maximum absolute atomic E-state index is 12.8. The molecule has 3 aromatic rings. The zero-order chi connectivity index (χ0) is 18.3. The lowest BCUT2D eigenvalue weighted by Crippen LogP contribution is -2.15. The smallest absolute Gasteiger partial charge is 0.340 e. The van der Waals surface area contributed by atoms with Gasteiger partial charge in [-0.1, -0.05) is 63.6 Å². The zero-order valence-corrected chi connectivity index (χ0v) is 15.7. The molecule has 0 atom stereocenters. The molecule has 0 fully saturated rings. The van der Waals surface area contributed by atoms with Gasteiger partial charge in [-0.2, -0.15) is 0 Å². The van der Waals surface area contributed by atoms with Gasteiger partial charge in [0.15, 0.2) is 0 Å². The molecule has 0 amide bonds. The lowest BCUT2D eigenvalue weighted by molar-refractivity contribution is 0.0502. The Hall–Kier alpha value is -2.55. The Morgan fingerprint density at radius 3 is 2.88 bits per heavy atom. The fourth-order valence-corrected chi connectivity index (χ4v) is 3.82. The minimum Gasteiger partial charge on any atom is -0.462 e. The average Bonchev–Trinajstić information content (AvgIpc) is 2.98. The number of benzene rings is 2. The summed E-state index contributed by atoms with van der Waals surface area (Å²) in [7, 11) is 0. The first-order valence-corrected chi connectivity index (χ1v) is 9.43. The molecular formula is C23H25NO2. The van der Waals surface area contributed by atoms with E-state index in [1.165, 1.54) is 16.6 Å². The lowest BCUT2D eigenvalue weighted by Gasteiger charge is -2.23. The minimum atomic E-state index is -0.240. The Bertz CT molecular complexity index is 1020. The number of hydrogen-bond donors (Lipinski definition) is 1. The van der Waals surface area contributed by atoms with Gasteiger partial charge in [0.2, 0.25) is 0 Å². The summed E-state index contributed by atoms with van der Waals surface area (Å²) < 4.78 is 5.52. The van der Waals surface area contributed by atoms with E-state index in [-0.39, 0.29) is 11.4 Å². The van der Waals surface area contributed by atoms with Gasteiger partial charge in [-0.3, -0.25) is 0 Å². The Kier molecular flexibility index (Phi) is 4.10. The maximum atomic E-state index is 12.8. The Morgan fingerprint density at radius 2 is 2.08 bits per heavy atom. The van der Waals surface area contributed by atoms with Crippen molar-refractivity contribution in [3.05, 3.63) is 53.2 Å². The van der Waals surface area contributed by atoms with Crippen LogP contribution in [0.1, 0.15) is 55.2 Å². The van der Waals surface area contributed by atoms with Crippen molar-refractivity contribution in [2.75, 3.05) is 6.61 Å². The van der Waals surface area contributed by atoms with E-state index in [2.05, 4.69) is 56.1 Å². The van der Waals surface area contributed by atoms with Crippen molar-refractivity contribution in [2.45, 2.75) is 40.0 Å². The Balaban J connectivity index is 1.94. The van der Waals surface area contributed by atoms with Crippen LogP contribution in [0.2, 0.25) is 0 Å². The summed E-state index contributed by atoms with van der Waals surface area (Å²) >= 11 is 0. The summed E-state index contributed by atoms with van der Waals surface area (Å²) in [5, 5.41) is 3.38. The van der Waals surface area contributed by atoms with Gasteiger partial charge in [-0.05, 0) is 35.1 Å². The number of ether oxygens (including phenoxy) is 1. The third-order valence-electron chi connectivity index (χ3n) is 5.20. The van der Waals surface area contributed by atoms with Crippen LogP contribution in [0.3, 0.4) is 0 Å². The predicted octanol–water partition coefficient (Wildman–Crippen LogP) is 5.87. The van der Waals surface area contributed by atoms with Crippen LogP contribution in [0.5, 0.6) is 0 Å². The molecule has 0 saturated heterocycles. The van der Waals surface area contributed by atoms with Crippen LogP contribution in [-0.4, -0.2) is 17.6 Å². The van der Waals surface area contributed by atoms with Gasteiger partial charge in [-0.15, -0.1) is 0 Å². The van der Waals surface area contributed by atoms with E-state index in [1.54, 1.807) is 0 Å². The van der Waals surface area contributed by atoms with Crippen molar-refractivity contribution in [3.8, 4) is 0 Å². The van der Waals surface area contributed by atoms with E-state index >= 15 is 0 Å². The van der Waals surface area contributed by atoms with Crippen molar-refractivity contribution < 1.29 is 9.53 Å². The summed E-state index contributed by atoms with van der Waals surface area (Å²) in [6, 6.07) is 10.2. The first-order valence-electron chi connectivity index (χ1n) is 9.43. The summed E-state index contributed by atoms with van der Waals surface area (Å²) in [6.07, 6.45) is 7.31. The first-order chi connectivity index (χ1) is 12.5. The third kappa shape index (κ3) is 2.82. The van der Waals surface area contributed by atoms with Crippen LogP contribution in [0.15, 0.2) is 36.4 Å². The summed E-state index contributed by atoms with van der Waals surface area (Å²) in [5.74, 6) is -0.240. The van der Waals surface area contributed by atoms with Crippen LogP contribution in [0, 0.1) is 5.41 Å². The zero-order valence-electron chi connectivity index (χ0n) is 15.7. The number of allylic oxidation sites excluding steroid dienone is 1. The van der Waals surface area contributed by atoms with Crippen molar-refractivity contribution in [1.82, 2.24) is 4.98 Å². The molecule has 1 N–H and O–H groups in total. The molecule has 1 aliphatic rings. The molecule has 0 saturated carbocycles. The number of fused-ring (bicyclic) bond motifs is 5. The fraction of sp³-hybridized carbons (Fsp3) is 0.348. The van der Waals surface area contributed by atoms with Crippen LogP contribution < -0.4 is 0 Å². The molecule has 26 heavy (non-hydrogen) atoms. The summed E-state index contributed by atoms with van der Waals surface area (Å²) in [5.41, 5.74) is 4.06. The van der Waals surface area contributed by atoms with E-state index in [4.69, 9.17) is 4.74 Å². The molecule has 1 heterocycles. The third-order valence-corrected chi connectivity index (χ3v) is 5.20. The van der Waals surface area contributed by atoms with Crippen molar-refractivity contribution in [2.24, 2.45) is 5.41 Å². The second-order valence-electron chi connectivity index (χ2n) is 7.90. The van der Waals surface area contributed by atoms with Gasteiger partial charge in [0.05, 0.1) is 17.7 Å². The van der Waals surface area contributed by atoms with E-state index < -0.39 is 0 Å². The number of esters is 1. The van der Waals surface area contributed by atoms with Gasteiger partial charge >= 0.3 is 5.97 Å². The molecule has 0 unspecified atom stereocenters. The maximum Gasteiger partial charge on any atom is 0.340 e. The number of nitrogens with one attached hydrogen (secondary N) is 1. The number of aromatic amines is 1. The van der Waals surface area contributed by atoms with E-state index in [1.807, 2.05) is 12.1 Å². The number of carbonyl (C=O) groups is 1. The van der Waals surface area contributed by atoms with E-state index in [9.17, 15) is 4.79 Å². The molecule has 0 spiro atoms. The quantitative estimate of drug-likeness (QED) is 0.473. The fourth-order valence-electron chi connectivity index (χ4n) is 3.82. The van der Waals surface area contributed by atoms with Crippen molar-refractivity contribution >= 4 is 33.7 Å². The number of unbranched alkanes of at least 4 members (excludes halogenated alkanes) is 1. The molecule has 4 rings (SSSR count). The van der Waals surface area contributed by atoms with Gasteiger partial charge in [0, 0.05) is 16.6 Å². The minimum absolute atomic E-state index is 0.117. The second kappa shape index (κ2) is 6.31. The van der Waals surface area contributed by atoms with Crippen molar-refractivity contribution in [3.63, 3.8) is 0 Å². The largest absolute Gasteiger partial charge is 0.462 e. The molecule has 1 aliphatic carbocycles. The molecule has 0 aliphatic heterocycles. The summed E-state index contributed by atoms with van der Waals surface area (Å²) in [6.45, 7) is 7.03. The van der Waals surface area contributed by atoms with Crippen molar-refractivity contribution in [1.29, 1.82) is 0 Å². The Morgan fingerprint density at radius 1 is 1.27 bits per heavy atom. The van der Waals surface area contributed by atoms with Crippen LogP contribution >= 0.6 is 0 Å². The molecule has 0 radical (unpaired) electrons. The second-order valence-corrected chi connectivity index (χ2v) is 7.90. The average molecular weight is 347 g/mol. The molecule has 2 aromatic carbocycles. The number of H-pyrrole nitrogens is 1. The van der Waals surface area contributed by atoms with E-state index in [0.29, 0.717) is 12.2 Å². The molecule has 3 heteroatoms. The highest BCUT2D eigenvalue weighted by atomic mass is 16.5. The summed E-state index contributed by atoms with van der Waals surface area (Å²) in [4.78, 5) is 16.3. The molecule has 3 nitrogen and oxygen atoms in total. The number of aromatic nitrogens is 1. The normalized spacial score (nSPS) is 15.3. The molecule has 134 valence electrons. The molecule has 1 aromatic heterocycles. The topological polar surface area (TPSA) is 42.1 Å². The highest BCUT2D eigenvalue weighted by Crippen LogP contribution is 2.39. The van der Waals surface area contributed by atoms with Gasteiger partial charge < -0.3 is 9.72 Å². The SMILES string of the molecule is CCCCOC(=O)c1cc2ccccc2c2c3c([nH]c12)CC(C)(C)C=C3. The Labute approximate surface area is 154 Å². The van der Waals surface area contributed by atoms with E-state index in [0.717, 1.165) is 35.6 Å². The highest BCUT2D eigenvalue weighted by molar-refractivity contribution is 6.18. The predicted molar refractivity (Wildman–Crippen MR) is 108 cm³/mol. The van der Waals surface area contributed by atoms with Gasteiger partial charge in [0.1, 0.15) is 0 Å². The monoisotopic (exact) mass is 347 g/mol. The van der Waals surface area contributed by atoms with Gasteiger partial charge in [0.25, 0.3) is 0 Å². The molecule has 0 bridgehead atoms. The highest BCUT2D eigenvalue weighted by Gasteiger charge is 2.26. The number of rotatable bonds is 4. The lowest BCUT2D eigenvalue weighted by atomic mass is 9.82. The number of hydrogen-bond acceptors (Lipinski definition) is 2. The number of carbonyl (C=O) groups excluding carboxylic acids is 1. The van der Waals surface area contributed by atoms with Crippen LogP contribution in [-0.2, 0) is 11.2 Å². The standard InChI is InChI=1S/C23H25NO2/c1-4-5-12-26-22(25)18-13-15-8-6-7-9-16(15)20-17-10-11-23(2,3)14-19(17)24-21(18)20/h6-11,13,24H,4-5,12,14H2,1-3H3. The van der Waals surface area contributed by atoms with Gasteiger partial charge in [-0.25, -0.2) is 4.79 Å².